The van der Waals surface area contributed by atoms with Gasteiger partial charge in [-0.3, -0.25) is 24.0 Å². The van der Waals surface area contributed by atoms with E-state index >= 15 is 0 Å². The molecule has 2 heterocycles. The van der Waals surface area contributed by atoms with Gasteiger partial charge in [0.05, 0.1) is 7.11 Å². The van der Waals surface area contributed by atoms with E-state index in [-0.39, 0.29) is 35.8 Å². The first kappa shape index (κ1) is 31.8. The Hall–Kier alpha value is -4.10. The van der Waals surface area contributed by atoms with Crippen molar-refractivity contribution in [1.29, 1.82) is 0 Å². The average Bonchev–Trinajstić information content (AvgIpc) is 3.21. The molecule has 234 valence electrons. The van der Waals surface area contributed by atoms with Gasteiger partial charge in [-0.15, -0.1) is 0 Å². The van der Waals surface area contributed by atoms with Gasteiger partial charge in [0.25, 0.3) is 5.56 Å². The molecule has 43 heavy (non-hydrogen) atoms. The van der Waals surface area contributed by atoms with Crippen LogP contribution in [0, 0.1) is 22.7 Å². The first-order chi connectivity index (χ1) is 19.8. The molecule has 4 rings (SSSR count). The van der Waals surface area contributed by atoms with Crippen molar-refractivity contribution >= 4 is 34.5 Å². The minimum absolute atomic E-state index is 0.0798. The van der Waals surface area contributed by atoms with Gasteiger partial charge in [0.15, 0.2) is 0 Å². The normalized spacial score (nSPS) is 22.3. The summed E-state index contributed by atoms with van der Waals surface area (Å²) in [5.41, 5.74) is 4.33. The summed E-state index contributed by atoms with van der Waals surface area (Å²) in [6, 6.07) is 2.52. The summed E-state index contributed by atoms with van der Waals surface area (Å²) >= 11 is 0. The van der Waals surface area contributed by atoms with Crippen molar-refractivity contribution in [3.8, 4) is 5.75 Å². The third-order valence-corrected chi connectivity index (χ3v) is 8.62. The number of rotatable bonds is 8. The Balaban J connectivity index is 1.61. The lowest BCUT2D eigenvalue weighted by molar-refractivity contribution is -0.176. The molecule has 1 aromatic carbocycles. The van der Waals surface area contributed by atoms with Gasteiger partial charge in [-0.2, -0.15) is 13.2 Å². The van der Waals surface area contributed by atoms with Crippen molar-refractivity contribution in [3.63, 3.8) is 0 Å². The summed E-state index contributed by atoms with van der Waals surface area (Å²) in [5, 5.41) is 4.99. The van der Waals surface area contributed by atoms with Crippen LogP contribution < -0.4 is 26.7 Å². The second kappa shape index (κ2) is 10.9. The number of likely N-dealkylation sites (tertiary alicyclic amines) is 1. The largest absolute Gasteiger partial charge is 0.497 e. The third-order valence-electron chi connectivity index (χ3n) is 8.62. The first-order valence-corrected chi connectivity index (χ1v) is 13.7. The number of primary amides is 1. The molecule has 2 aliphatic rings. The molecule has 1 saturated carbocycles. The molecule has 1 unspecified atom stereocenters. The van der Waals surface area contributed by atoms with E-state index in [1.165, 1.54) is 32.8 Å². The van der Waals surface area contributed by atoms with Crippen LogP contribution in [-0.2, 0) is 25.6 Å². The van der Waals surface area contributed by atoms with Gasteiger partial charge < -0.3 is 31.0 Å². The number of benzene rings is 1. The van der Waals surface area contributed by atoms with Gasteiger partial charge in [-0.25, -0.2) is 0 Å². The first-order valence-electron chi connectivity index (χ1n) is 13.7. The molecule has 4 amide bonds. The summed E-state index contributed by atoms with van der Waals surface area (Å²) < 4.78 is 44.5. The molecule has 1 saturated heterocycles. The zero-order chi connectivity index (χ0) is 32.2. The van der Waals surface area contributed by atoms with E-state index < -0.39 is 58.9 Å². The standard InChI is InChI=1S/C29H36F3N5O6/c1-27(2,3)21(36-26(42)29(30,31)32)25(41)37-12-16-19(28(16,4)5)20(37)24(40)35-18(22(33)38)11-14-9-13-10-15(43-6)7-8-17(13)34-23(14)39/h7-10,16,18-21H,11-12H2,1-6H3,(H2,33,38)(H,34,39)(H,35,40)(H,36,42)/t16-,18?,19-,20-,21+/m0/s1. The molecule has 5 N–H and O–H groups in total. The number of aromatic amines is 1. The Labute approximate surface area is 245 Å². The van der Waals surface area contributed by atoms with Crippen LogP contribution in [-0.4, -0.2) is 71.5 Å². The van der Waals surface area contributed by atoms with E-state index in [2.05, 4.69) is 10.3 Å². The van der Waals surface area contributed by atoms with Crippen molar-refractivity contribution in [2.45, 2.75) is 65.3 Å². The highest BCUT2D eigenvalue weighted by molar-refractivity contribution is 5.96. The van der Waals surface area contributed by atoms with Gasteiger partial charge >= 0.3 is 12.1 Å². The number of H-pyrrole nitrogens is 1. The third kappa shape index (κ3) is 6.18. The van der Waals surface area contributed by atoms with E-state index in [4.69, 9.17) is 10.5 Å². The lowest BCUT2D eigenvalue weighted by atomic mass is 9.85. The predicted molar refractivity (Wildman–Crippen MR) is 150 cm³/mol. The van der Waals surface area contributed by atoms with E-state index in [9.17, 15) is 37.1 Å². The minimum atomic E-state index is -5.21. The maximum Gasteiger partial charge on any atom is 0.471 e. The number of alkyl halides is 3. The molecule has 1 aliphatic heterocycles. The van der Waals surface area contributed by atoms with Crippen LogP contribution in [0.5, 0.6) is 5.75 Å². The molecule has 1 aromatic heterocycles. The highest BCUT2D eigenvalue weighted by Crippen LogP contribution is 2.65. The fourth-order valence-corrected chi connectivity index (χ4v) is 6.05. The van der Waals surface area contributed by atoms with Crippen molar-refractivity contribution in [3.05, 3.63) is 40.2 Å². The van der Waals surface area contributed by atoms with E-state index in [0.29, 0.717) is 16.7 Å². The smallest absolute Gasteiger partial charge is 0.471 e. The van der Waals surface area contributed by atoms with Crippen LogP contribution in [0.3, 0.4) is 0 Å². The van der Waals surface area contributed by atoms with Gasteiger partial charge in [0.1, 0.15) is 23.9 Å². The van der Waals surface area contributed by atoms with Crippen molar-refractivity contribution in [2.24, 2.45) is 28.4 Å². The lowest BCUT2D eigenvalue weighted by Gasteiger charge is -2.38. The average molecular weight is 608 g/mol. The summed E-state index contributed by atoms with van der Waals surface area (Å²) in [6.45, 7) is 8.40. The number of nitrogens with one attached hydrogen (secondary N) is 3. The molecular formula is C29H36F3N5O6. The molecule has 1 aliphatic carbocycles. The second-order valence-electron chi connectivity index (χ2n) is 12.9. The molecule has 0 radical (unpaired) electrons. The number of carbonyl (C=O) groups is 4. The number of nitrogens with two attached hydrogens (primary N) is 1. The van der Waals surface area contributed by atoms with E-state index in [1.807, 2.05) is 13.8 Å². The van der Waals surface area contributed by atoms with Crippen molar-refractivity contribution in [1.82, 2.24) is 20.5 Å². The minimum Gasteiger partial charge on any atom is -0.497 e. The van der Waals surface area contributed by atoms with Crippen molar-refractivity contribution < 1.29 is 37.1 Å². The second-order valence-corrected chi connectivity index (χ2v) is 12.9. The van der Waals surface area contributed by atoms with Crippen LogP contribution in [0.4, 0.5) is 13.2 Å². The number of pyridine rings is 1. The Bertz CT molecular complexity index is 1530. The molecule has 2 aromatic rings. The zero-order valence-corrected chi connectivity index (χ0v) is 24.7. The molecular weight excluding hydrogens is 571 g/mol. The molecule has 14 heteroatoms. The van der Waals surface area contributed by atoms with Gasteiger partial charge in [0.2, 0.25) is 17.7 Å². The molecule has 5 atom stereocenters. The summed E-state index contributed by atoms with van der Waals surface area (Å²) in [5.74, 6) is -4.70. The molecule has 2 fully saturated rings. The highest BCUT2D eigenvalue weighted by Gasteiger charge is 2.70. The molecule has 0 spiro atoms. The summed E-state index contributed by atoms with van der Waals surface area (Å²) in [4.78, 5) is 68.4. The monoisotopic (exact) mass is 607 g/mol. The maximum atomic E-state index is 13.7. The number of amides is 4. The predicted octanol–water partition coefficient (Wildman–Crippen LogP) is 1.63. The number of hydrogen-bond acceptors (Lipinski definition) is 6. The quantitative estimate of drug-likeness (QED) is 0.356. The van der Waals surface area contributed by atoms with E-state index in [0.717, 1.165) is 0 Å². The van der Waals surface area contributed by atoms with Crippen LogP contribution in [0.15, 0.2) is 29.1 Å². The van der Waals surface area contributed by atoms with Crippen LogP contribution in [0.25, 0.3) is 10.9 Å². The SMILES string of the molecule is COc1ccc2[nH]c(=O)c(CC(NC(=O)[C@@H]3[C@@H]4[C@H](CN3C(=O)[C@@H](NC(=O)C(F)(F)F)C(C)(C)C)C4(C)C)C(N)=O)cc2c1. The lowest BCUT2D eigenvalue weighted by Crippen LogP contribution is -2.61. The van der Waals surface area contributed by atoms with Crippen LogP contribution >= 0.6 is 0 Å². The fourth-order valence-electron chi connectivity index (χ4n) is 6.05. The number of piperidine rings is 1. The number of halogens is 3. The number of carbonyl (C=O) groups excluding carboxylic acids is 4. The Morgan fingerprint density at radius 1 is 1.14 bits per heavy atom. The number of fused-ring (bicyclic) bond motifs is 2. The van der Waals surface area contributed by atoms with E-state index in [1.54, 1.807) is 29.6 Å². The number of aromatic nitrogens is 1. The topological polar surface area (TPSA) is 164 Å². The van der Waals surface area contributed by atoms with Gasteiger partial charge in [0, 0.05) is 29.4 Å². The maximum absolute atomic E-state index is 13.7. The number of nitrogens with zero attached hydrogens (tertiary/aromatic N) is 1. The van der Waals surface area contributed by atoms with Gasteiger partial charge in [-0.1, -0.05) is 34.6 Å². The Morgan fingerprint density at radius 2 is 1.79 bits per heavy atom. The summed E-state index contributed by atoms with van der Waals surface area (Å²) in [7, 11) is 1.49. The fraction of sp³-hybridized carbons (Fsp3) is 0.552. The molecule has 0 bridgehead atoms. The van der Waals surface area contributed by atoms with Crippen LogP contribution in [0.1, 0.15) is 40.2 Å². The zero-order valence-electron chi connectivity index (χ0n) is 24.7. The molecule has 11 nitrogen and oxygen atoms in total. The van der Waals surface area contributed by atoms with Crippen LogP contribution in [0.2, 0.25) is 0 Å². The summed E-state index contributed by atoms with van der Waals surface area (Å²) in [6.07, 6.45) is -5.47. The highest BCUT2D eigenvalue weighted by atomic mass is 19.4. The van der Waals surface area contributed by atoms with Gasteiger partial charge in [-0.05, 0) is 46.9 Å². The Morgan fingerprint density at radius 3 is 2.35 bits per heavy atom. The number of ether oxygens (including phenoxy) is 1. The Kier molecular flexibility index (Phi) is 8.05. The number of hydrogen-bond donors (Lipinski definition) is 4. The number of methoxy groups -OCH3 is 1. The van der Waals surface area contributed by atoms with Crippen molar-refractivity contribution in [2.75, 3.05) is 13.7 Å².